The van der Waals surface area contributed by atoms with Crippen LogP contribution in [0.4, 0.5) is 0 Å². The molecule has 0 unspecified atom stereocenters. The molecule has 34 heavy (non-hydrogen) atoms. The summed E-state index contributed by atoms with van der Waals surface area (Å²) >= 11 is 5.94. The van der Waals surface area contributed by atoms with E-state index < -0.39 is 23.2 Å². The molecule has 1 aliphatic rings. The molecule has 1 aliphatic heterocycles. The average Bonchev–Trinajstić information content (AvgIpc) is 3.24. The number of rotatable bonds is 5. The third-order valence-corrected chi connectivity index (χ3v) is 6.17. The minimum Gasteiger partial charge on any atom is -0.493 e. The van der Waals surface area contributed by atoms with Crippen LogP contribution in [-0.2, 0) is 4.79 Å². The largest absolute Gasteiger partial charge is 0.493 e. The fraction of sp³-hybridized carbons (Fsp3) is 0.280. The molecule has 1 aromatic heterocycles. The predicted molar refractivity (Wildman–Crippen MR) is 131 cm³/mol. The third-order valence-electron chi connectivity index (χ3n) is 5.92. The summed E-state index contributed by atoms with van der Waals surface area (Å²) < 4.78 is 0.978. The lowest BCUT2D eigenvalue weighted by molar-refractivity contribution is -0.132. The molecule has 0 aliphatic carbocycles. The SMILES string of the molecule is CCC(=O)N1N=C(c2c(O)n(-c3ccc(Cl)cc3)c(=O)[nH]c2=O)C[C@@H]1c1ccc(C(C)C)cc1. The number of halogens is 1. The minimum atomic E-state index is -0.797. The smallest absolute Gasteiger partial charge is 0.335 e. The second-order valence-electron chi connectivity index (χ2n) is 8.45. The highest BCUT2D eigenvalue weighted by molar-refractivity contribution is 6.30. The number of H-pyrrole nitrogens is 1. The van der Waals surface area contributed by atoms with Crippen LogP contribution in [-0.4, -0.2) is 31.3 Å². The van der Waals surface area contributed by atoms with Crippen molar-refractivity contribution in [2.24, 2.45) is 5.10 Å². The third kappa shape index (κ3) is 4.28. The van der Waals surface area contributed by atoms with E-state index in [1.165, 1.54) is 10.6 Å². The molecular weight excluding hydrogens is 456 g/mol. The van der Waals surface area contributed by atoms with Gasteiger partial charge >= 0.3 is 5.69 Å². The predicted octanol–water partition coefficient (Wildman–Crippen LogP) is 4.10. The van der Waals surface area contributed by atoms with Crippen molar-refractivity contribution in [3.63, 3.8) is 0 Å². The fourth-order valence-corrected chi connectivity index (χ4v) is 4.16. The number of hydrogen-bond acceptors (Lipinski definition) is 5. The Bertz CT molecular complexity index is 1370. The van der Waals surface area contributed by atoms with Crippen molar-refractivity contribution < 1.29 is 9.90 Å². The molecule has 4 rings (SSSR count). The van der Waals surface area contributed by atoms with Crippen LogP contribution in [0, 0.1) is 0 Å². The van der Waals surface area contributed by atoms with Crippen LogP contribution < -0.4 is 11.2 Å². The maximum Gasteiger partial charge on any atom is 0.335 e. The molecule has 2 aromatic carbocycles. The summed E-state index contributed by atoms with van der Waals surface area (Å²) in [5.41, 5.74) is 0.865. The van der Waals surface area contributed by atoms with Gasteiger partial charge < -0.3 is 5.11 Å². The Morgan fingerprint density at radius 1 is 1.15 bits per heavy atom. The molecule has 0 bridgehead atoms. The van der Waals surface area contributed by atoms with Gasteiger partial charge in [-0.3, -0.25) is 14.6 Å². The van der Waals surface area contributed by atoms with Crippen molar-refractivity contribution in [2.75, 3.05) is 0 Å². The summed E-state index contributed by atoms with van der Waals surface area (Å²) in [6, 6.07) is 13.7. The molecule has 8 nitrogen and oxygen atoms in total. The molecule has 176 valence electrons. The van der Waals surface area contributed by atoms with Crippen molar-refractivity contribution in [3.05, 3.63) is 91.1 Å². The van der Waals surface area contributed by atoms with Crippen LogP contribution in [0.5, 0.6) is 5.88 Å². The summed E-state index contributed by atoms with van der Waals surface area (Å²) in [5.74, 6) is -0.397. The number of aromatic amines is 1. The molecule has 0 fully saturated rings. The topological polar surface area (TPSA) is 108 Å². The number of nitrogens with zero attached hydrogens (tertiary/aromatic N) is 3. The first-order valence-corrected chi connectivity index (χ1v) is 11.4. The number of hydrazone groups is 1. The van der Waals surface area contributed by atoms with E-state index in [2.05, 4.69) is 23.9 Å². The van der Waals surface area contributed by atoms with Gasteiger partial charge in [0.15, 0.2) is 0 Å². The fourth-order valence-electron chi connectivity index (χ4n) is 4.03. The zero-order valence-corrected chi connectivity index (χ0v) is 19.8. The average molecular weight is 481 g/mol. The molecule has 0 spiro atoms. The summed E-state index contributed by atoms with van der Waals surface area (Å²) in [7, 11) is 0. The Kier molecular flexibility index (Phi) is 6.43. The Hall–Kier alpha value is -3.65. The Morgan fingerprint density at radius 2 is 1.79 bits per heavy atom. The highest BCUT2D eigenvalue weighted by Gasteiger charge is 2.35. The van der Waals surface area contributed by atoms with E-state index >= 15 is 0 Å². The number of aromatic hydroxyl groups is 1. The second kappa shape index (κ2) is 9.30. The maximum absolute atomic E-state index is 12.8. The van der Waals surface area contributed by atoms with Gasteiger partial charge in [-0.25, -0.2) is 14.4 Å². The van der Waals surface area contributed by atoms with Crippen LogP contribution in [0.2, 0.25) is 5.02 Å². The minimum absolute atomic E-state index is 0.148. The first-order valence-electron chi connectivity index (χ1n) is 11.0. The molecule has 0 saturated heterocycles. The lowest BCUT2D eigenvalue weighted by Gasteiger charge is -2.22. The number of nitrogens with one attached hydrogen (secondary N) is 1. The number of carbonyl (C=O) groups is 1. The first-order chi connectivity index (χ1) is 16.2. The van der Waals surface area contributed by atoms with Crippen molar-refractivity contribution in [1.29, 1.82) is 0 Å². The highest BCUT2D eigenvalue weighted by Crippen LogP contribution is 2.35. The molecule has 1 amide bonds. The van der Waals surface area contributed by atoms with Crippen LogP contribution in [0.15, 0.2) is 63.2 Å². The molecule has 9 heteroatoms. The molecule has 0 radical (unpaired) electrons. The summed E-state index contributed by atoms with van der Waals surface area (Å²) in [4.78, 5) is 40.2. The second-order valence-corrected chi connectivity index (χ2v) is 8.89. The van der Waals surface area contributed by atoms with E-state index in [-0.39, 0.29) is 30.0 Å². The molecule has 2 N–H and O–H groups in total. The Balaban J connectivity index is 1.80. The van der Waals surface area contributed by atoms with Crippen LogP contribution in [0.3, 0.4) is 0 Å². The van der Waals surface area contributed by atoms with Gasteiger partial charge in [0.2, 0.25) is 11.8 Å². The van der Waals surface area contributed by atoms with E-state index in [9.17, 15) is 19.5 Å². The maximum atomic E-state index is 12.8. The molecule has 3 aromatic rings. The number of carbonyl (C=O) groups excluding carboxylic acids is 1. The lowest BCUT2D eigenvalue weighted by Crippen LogP contribution is -2.33. The molecule has 0 saturated carbocycles. The summed E-state index contributed by atoms with van der Waals surface area (Å²) in [6.07, 6.45) is 0.437. The van der Waals surface area contributed by atoms with E-state index in [0.717, 1.165) is 10.1 Å². The van der Waals surface area contributed by atoms with Crippen molar-refractivity contribution in [2.45, 2.75) is 45.6 Å². The van der Waals surface area contributed by atoms with Crippen LogP contribution in [0.1, 0.15) is 62.3 Å². The summed E-state index contributed by atoms with van der Waals surface area (Å²) in [6.45, 7) is 5.94. The molecule has 1 atom stereocenters. The van der Waals surface area contributed by atoms with Crippen molar-refractivity contribution in [1.82, 2.24) is 14.6 Å². The van der Waals surface area contributed by atoms with Gasteiger partial charge in [-0.1, -0.05) is 56.6 Å². The number of hydrogen-bond donors (Lipinski definition) is 2. The van der Waals surface area contributed by atoms with Gasteiger partial charge in [0.25, 0.3) is 5.56 Å². The molecule has 2 heterocycles. The van der Waals surface area contributed by atoms with Gasteiger partial charge in [-0.2, -0.15) is 5.10 Å². The number of amides is 1. The van der Waals surface area contributed by atoms with Gasteiger partial charge in [-0.15, -0.1) is 0 Å². The van der Waals surface area contributed by atoms with Gasteiger partial charge in [0, 0.05) is 17.9 Å². The zero-order chi connectivity index (χ0) is 24.6. The zero-order valence-electron chi connectivity index (χ0n) is 19.1. The quantitative estimate of drug-likeness (QED) is 0.573. The van der Waals surface area contributed by atoms with Gasteiger partial charge in [0.1, 0.15) is 5.56 Å². The van der Waals surface area contributed by atoms with Crippen molar-refractivity contribution in [3.8, 4) is 11.6 Å². The summed E-state index contributed by atoms with van der Waals surface area (Å²) in [5, 5.41) is 17.2. The van der Waals surface area contributed by atoms with Crippen LogP contribution in [0.25, 0.3) is 5.69 Å². The number of benzene rings is 2. The van der Waals surface area contributed by atoms with Gasteiger partial charge in [-0.05, 0) is 41.3 Å². The van der Waals surface area contributed by atoms with Crippen LogP contribution >= 0.6 is 11.6 Å². The van der Waals surface area contributed by atoms with Gasteiger partial charge in [0.05, 0.1) is 17.4 Å². The van der Waals surface area contributed by atoms with E-state index in [4.69, 9.17) is 11.6 Å². The van der Waals surface area contributed by atoms with E-state index in [0.29, 0.717) is 16.6 Å². The standard InChI is InChI=1S/C25H25ClN4O4/c1-4-21(31)30-20(16-7-5-15(6-8-16)14(2)3)13-19(28-30)22-23(32)27-25(34)29(24(22)33)18-11-9-17(26)10-12-18/h5-12,14,20,33H,4,13H2,1-3H3,(H,27,32,34)/t20-/m1/s1. The first kappa shape index (κ1) is 23.5. The Labute approximate surface area is 201 Å². The molecular formula is C25H25ClN4O4. The Morgan fingerprint density at radius 3 is 2.38 bits per heavy atom. The normalized spacial score (nSPS) is 15.6. The van der Waals surface area contributed by atoms with E-state index in [1.54, 1.807) is 31.2 Å². The van der Waals surface area contributed by atoms with Crippen molar-refractivity contribution >= 4 is 23.2 Å². The van der Waals surface area contributed by atoms with E-state index in [1.807, 2.05) is 24.3 Å². The number of aromatic nitrogens is 2. The lowest BCUT2D eigenvalue weighted by atomic mass is 9.95. The monoisotopic (exact) mass is 480 g/mol. The highest BCUT2D eigenvalue weighted by atomic mass is 35.5.